The molecular formula is C14H20N2O2. The molecule has 2 saturated carbocycles. The number of aromatic amines is 1. The Morgan fingerprint density at radius 3 is 2.44 bits per heavy atom. The van der Waals surface area contributed by atoms with Crippen LogP contribution in [0.1, 0.15) is 69.2 Å². The Morgan fingerprint density at radius 1 is 1.33 bits per heavy atom. The zero-order valence-electron chi connectivity index (χ0n) is 11.0. The predicted molar refractivity (Wildman–Crippen MR) is 68.9 cm³/mol. The molecule has 0 spiro atoms. The molecule has 2 N–H and O–H groups in total. The molecule has 2 aliphatic carbocycles. The highest BCUT2D eigenvalue weighted by Gasteiger charge is 2.48. The topological polar surface area (TPSA) is 66.0 Å². The van der Waals surface area contributed by atoms with E-state index >= 15 is 0 Å². The zero-order valence-corrected chi connectivity index (χ0v) is 11.0. The highest BCUT2D eigenvalue weighted by atomic mass is 16.3. The Labute approximate surface area is 106 Å². The molecule has 0 radical (unpaired) electrons. The third-order valence-electron chi connectivity index (χ3n) is 4.56. The van der Waals surface area contributed by atoms with Crippen molar-refractivity contribution in [2.24, 2.45) is 5.41 Å². The number of hydrogen-bond donors (Lipinski definition) is 2. The first kappa shape index (κ1) is 11.8. The van der Waals surface area contributed by atoms with Gasteiger partial charge in [0.25, 0.3) is 5.56 Å². The molecule has 4 heteroatoms. The molecule has 0 aromatic carbocycles. The standard InChI is InChI=1S/C14H20N2O2/c1-14(2)7-9(14)11-15-12(17)10(13(18)16-11)8-5-3-4-6-8/h8-9H,3-7H2,1-2H3,(H2,15,16,17,18). The fourth-order valence-corrected chi connectivity index (χ4v) is 3.17. The summed E-state index contributed by atoms with van der Waals surface area (Å²) in [4.78, 5) is 19.3. The molecule has 3 rings (SSSR count). The normalized spacial score (nSPS) is 26.4. The van der Waals surface area contributed by atoms with Gasteiger partial charge >= 0.3 is 0 Å². The van der Waals surface area contributed by atoms with Crippen molar-refractivity contribution in [1.82, 2.24) is 9.97 Å². The SMILES string of the molecule is CC1(C)CC1c1nc(O)c(C2CCCC2)c(=O)[nH]1. The van der Waals surface area contributed by atoms with Crippen LogP contribution in [-0.2, 0) is 0 Å². The monoisotopic (exact) mass is 248 g/mol. The highest BCUT2D eigenvalue weighted by molar-refractivity contribution is 5.29. The van der Waals surface area contributed by atoms with Gasteiger partial charge in [0.15, 0.2) is 0 Å². The smallest absolute Gasteiger partial charge is 0.258 e. The minimum absolute atomic E-state index is 0.0386. The van der Waals surface area contributed by atoms with Crippen LogP contribution in [0.3, 0.4) is 0 Å². The van der Waals surface area contributed by atoms with E-state index < -0.39 is 0 Å². The van der Waals surface area contributed by atoms with Crippen LogP contribution >= 0.6 is 0 Å². The summed E-state index contributed by atoms with van der Waals surface area (Å²) in [7, 11) is 0. The van der Waals surface area contributed by atoms with Crippen LogP contribution < -0.4 is 5.56 Å². The summed E-state index contributed by atoms with van der Waals surface area (Å²) in [6, 6.07) is 0. The Hall–Kier alpha value is -1.32. The van der Waals surface area contributed by atoms with Crippen molar-refractivity contribution in [2.75, 3.05) is 0 Å². The maximum absolute atomic E-state index is 12.1. The summed E-state index contributed by atoms with van der Waals surface area (Å²) in [5.41, 5.74) is 0.582. The summed E-state index contributed by atoms with van der Waals surface area (Å²) in [6.07, 6.45) is 5.29. The second kappa shape index (κ2) is 3.84. The highest BCUT2D eigenvalue weighted by Crippen LogP contribution is 2.57. The summed E-state index contributed by atoms with van der Waals surface area (Å²) < 4.78 is 0. The second-order valence-corrected chi connectivity index (χ2v) is 6.42. The van der Waals surface area contributed by atoms with E-state index in [0.29, 0.717) is 11.4 Å². The van der Waals surface area contributed by atoms with Gasteiger partial charge in [0.05, 0.1) is 5.56 Å². The van der Waals surface area contributed by atoms with Gasteiger partial charge in [0, 0.05) is 5.92 Å². The average Bonchev–Trinajstić information content (AvgIpc) is 2.74. The van der Waals surface area contributed by atoms with E-state index in [-0.39, 0.29) is 28.7 Å². The number of aromatic hydroxyl groups is 1. The minimum Gasteiger partial charge on any atom is -0.493 e. The van der Waals surface area contributed by atoms with Gasteiger partial charge in [0.2, 0.25) is 5.88 Å². The maximum atomic E-state index is 12.1. The lowest BCUT2D eigenvalue weighted by Gasteiger charge is -2.11. The number of hydrogen-bond acceptors (Lipinski definition) is 3. The molecule has 1 unspecified atom stereocenters. The first-order valence-corrected chi connectivity index (χ1v) is 6.82. The van der Waals surface area contributed by atoms with E-state index in [0.717, 1.165) is 32.1 Å². The molecule has 2 aliphatic rings. The van der Waals surface area contributed by atoms with Gasteiger partial charge in [-0.3, -0.25) is 4.79 Å². The van der Waals surface area contributed by atoms with Crippen LogP contribution in [0.2, 0.25) is 0 Å². The fourth-order valence-electron chi connectivity index (χ4n) is 3.17. The number of nitrogens with one attached hydrogen (secondary N) is 1. The molecule has 2 fully saturated rings. The minimum atomic E-state index is -0.132. The summed E-state index contributed by atoms with van der Waals surface area (Å²) in [5.74, 6) is 1.10. The third kappa shape index (κ3) is 1.84. The van der Waals surface area contributed by atoms with Crippen molar-refractivity contribution in [1.29, 1.82) is 0 Å². The molecular weight excluding hydrogens is 228 g/mol. The molecule has 18 heavy (non-hydrogen) atoms. The van der Waals surface area contributed by atoms with Crippen LogP contribution in [0.25, 0.3) is 0 Å². The zero-order chi connectivity index (χ0) is 12.9. The van der Waals surface area contributed by atoms with Crippen molar-refractivity contribution < 1.29 is 5.11 Å². The van der Waals surface area contributed by atoms with E-state index in [9.17, 15) is 9.90 Å². The number of aromatic nitrogens is 2. The number of H-pyrrole nitrogens is 1. The lowest BCUT2D eigenvalue weighted by atomic mass is 10.00. The van der Waals surface area contributed by atoms with Gasteiger partial charge in [-0.1, -0.05) is 26.7 Å². The lowest BCUT2D eigenvalue weighted by molar-refractivity contribution is 0.430. The van der Waals surface area contributed by atoms with E-state index in [4.69, 9.17) is 0 Å². The van der Waals surface area contributed by atoms with Crippen LogP contribution in [0, 0.1) is 5.41 Å². The lowest BCUT2D eigenvalue weighted by Crippen LogP contribution is -2.19. The molecule has 0 amide bonds. The van der Waals surface area contributed by atoms with E-state index in [1.165, 1.54) is 0 Å². The Kier molecular flexibility index (Phi) is 2.50. The molecule has 4 nitrogen and oxygen atoms in total. The molecule has 0 bridgehead atoms. The van der Waals surface area contributed by atoms with Crippen LogP contribution in [0.4, 0.5) is 0 Å². The molecule has 0 saturated heterocycles. The molecule has 1 aromatic heterocycles. The average molecular weight is 248 g/mol. The second-order valence-electron chi connectivity index (χ2n) is 6.42. The Balaban J connectivity index is 1.96. The van der Waals surface area contributed by atoms with Crippen molar-refractivity contribution in [3.63, 3.8) is 0 Å². The van der Waals surface area contributed by atoms with Gasteiger partial charge in [-0.05, 0) is 30.6 Å². The quantitative estimate of drug-likeness (QED) is 0.845. The van der Waals surface area contributed by atoms with Gasteiger partial charge < -0.3 is 10.1 Å². The fraction of sp³-hybridized carbons (Fsp3) is 0.714. The first-order chi connectivity index (χ1) is 8.49. The predicted octanol–water partition coefficient (Wildman–Crippen LogP) is 2.65. The largest absolute Gasteiger partial charge is 0.493 e. The Morgan fingerprint density at radius 2 is 1.94 bits per heavy atom. The van der Waals surface area contributed by atoms with Gasteiger partial charge in [-0.2, -0.15) is 4.98 Å². The summed E-state index contributed by atoms with van der Waals surface area (Å²) >= 11 is 0. The van der Waals surface area contributed by atoms with Crippen molar-refractivity contribution in [2.45, 2.75) is 57.8 Å². The van der Waals surface area contributed by atoms with Crippen molar-refractivity contribution >= 4 is 0 Å². The van der Waals surface area contributed by atoms with E-state index in [2.05, 4.69) is 23.8 Å². The summed E-state index contributed by atoms with van der Waals surface area (Å²) in [5, 5.41) is 10.0. The molecule has 1 heterocycles. The maximum Gasteiger partial charge on any atom is 0.258 e. The molecule has 1 atom stereocenters. The van der Waals surface area contributed by atoms with Gasteiger partial charge in [-0.25, -0.2) is 0 Å². The van der Waals surface area contributed by atoms with Crippen molar-refractivity contribution in [3.8, 4) is 5.88 Å². The number of rotatable bonds is 2. The van der Waals surface area contributed by atoms with E-state index in [1.54, 1.807) is 0 Å². The summed E-state index contributed by atoms with van der Waals surface area (Å²) in [6.45, 7) is 4.30. The van der Waals surface area contributed by atoms with Gasteiger partial charge in [0.1, 0.15) is 5.82 Å². The first-order valence-electron chi connectivity index (χ1n) is 6.82. The third-order valence-corrected chi connectivity index (χ3v) is 4.56. The van der Waals surface area contributed by atoms with E-state index in [1.807, 2.05) is 0 Å². The Bertz CT molecular complexity index is 527. The van der Waals surface area contributed by atoms with Crippen molar-refractivity contribution in [3.05, 3.63) is 21.7 Å². The van der Waals surface area contributed by atoms with Crippen LogP contribution in [0.5, 0.6) is 5.88 Å². The number of nitrogens with zero attached hydrogens (tertiary/aromatic N) is 1. The van der Waals surface area contributed by atoms with Crippen LogP contribution in [-0.4, -0.2) is 15.1 Å². The van der Waals surface area contributed by atoms with Crippen LogP contribution in [0.15, 0.2) is 4.79 Å². The van der Waals surface area contributed by atoms with Gasteiger partial charge in [-0.15, -0.1) is 0 Å². The molecule has 0 aliphatic heterocycles. The molecule has 1 aromatic rings. The molecule has 98 valence electrons.